The molecule has 16 heavy (non-hydrogen) atoms. The number of alkyl halides is 1. The van der Waals surface area contributed by atoms with Crippen molar-refractivity contribution in [3.63, 3.8) is 0 Å². The Morgan fingerprint density at radius 3 is 2.50 bits per heavy atom. The molecular weight excluding hydrogens is 268 g/mol. The van der Waals surface area contributed by atoms with Gasteiger partial charge in [-0.1, -0.05) is 23.2 Å². The molecule has 1 aromatic rings. The number of hydrogen-bond acceptors (Lipinski definition) is 1. The summed E-state index contributed by atoms with van der Waals surface area (Å²) >= 11 is 17.4. The third kappa shape index (κ3) is 3.55. The SMILES string of the molecule is CC(Cl)CN(C)C(=O)c1ccc(Cl)c(Cl)c1. The predicted molar refractivity (Wildman–Crippen MR) is 68.7 cm³/mol. The van der Waals surface area contributed by atoms with Gasteiger partial charge in [0.15, 0.2) is 0 Å². The fraction of sp³-hybridized carbons (Fsp3) is 0.364. The van der Waals surface area contributed by atoms with Gasteiger partial charge in [-0.3, -0.25) is 4.79 Å². The van der Waals surface area contributed by atoms with E-state index < -0.39 is 0 Å². The molecule has 1 aromatic carbocycles. The molecule has 0 heterocycles. The maximum atomic E-state index is 11.9. The van der Waals surface area contributed by atoms with Crippen LogP contribution in [0.15, 0.2) is 18.2 Å². The molecule has 0 saturated carbocycles. The zero-order valence-corrected chi connectivity index (χ0v) is 11.3. The maximum Gasteiger partial charge on any atom is 0.253 e. The van der Waals surface area contributed by atoms with Gasteiger partial charge in [0.1, 0.15) is 0 Å². The molecule has 0 spiro atoms. The normalized spacial score (nSPS) is 12.3. The monoisotopic (exact) mass is 279 g/mol. The van der Waals surface area contributed by atoms with Crippen LogP contribution in [0.5, 0.6) is 0 Å². The van der Waals surface area contributed by atoms with E-state index in [1.807, 2.05) is 6.92 Å². The molecule has 5 heteroatoms. The Labute approximate surface area is 110 Å². The minimum atomic E-state index is -0.119. The van der Waals surface area contributed by atoms with Crippen LogP contribution >= 0.6 is 34.8 Å². The van der Waals surface area contributed by atoms with Gasteiger partial charge in [0, 0.05) is 24.5 Å². The molecule has 0 saturated heterocycles. The Hall–Kier alpha value is -0.440. The second-order valence-corrected chi connectivity index (χ2v) is 5.15. The summed E-state index contributed by atoms with van der Waals surface area (Å²) in [6, 6.07) is 4.81. The molecule has 2 nitrogen and oxygen atoms in total. The zero-order valence-electron chi connectivity index (χ0n) is 9.01. The average Bonchev–Trinajstić information content (AvgIpc) is 2.20. The molecule has 0 radical (unpaired) electrons. The summed E-state index contributed by atoms with van der Waals surface area (Å²) in [5.41, 5.74) is 0.509. The molecule has 0 bridgehead atoms. The summed E-state index contributed by atoms with van der Waals surface area (Å²) in [7, 11) is 1.70. The van der Waals surface area contributed by atoms with Crippen molar-refractivity contribution in [1.82, 2.24) is 4.90 Å². The minimum absolute atomic E-state index is 0.0864. The van der Waals surface area contributed by atoms with Gasteiger partial charge in [-0.25, -0.2) is 0 Å². The molecule has 0 fully saturated rings. The Morgan fingerprint density at radius 1 is 1.38 bits per heavy atom. The number of rotatable bonds is 3. The van der Waals surface area contributed by atoms with Crippen molar-refractivity contribution in [3.8, 4) is 0 Å². The van der Waals surface area contributed by atoms with Crippen LogP contribution in [0, 0.1) is 0 Å². The topological polar surface area (TPSA) is 20.3 Å². The molecule has 0 aliphatic rings. The van der Waals surface area contributed by atoms with Crippen LogP contribution < -0.4 is 0 Å². The summed E-state index contributed by atoms with van der Waals surface area (Å²) in [6.45, 7) is 2.32. The standard InChI is InChI=1S/C11H12Cl3NO/c1-7(12)6-15(2)11(16)8-3-4-9(13)10(14)5-8/h3-5,7H,6H2,1-2H3. The first-order chi connectivity index (χ1) is 7.41. The summed E-state index contributed by atoms with van der Waals surface area (Å²) in [6.07, 6.45) is 0. The highest BCUT2D eigenvalue weighted by Gasteiger charge is 2.14. The smallest absolute Gasteiger partial charge is 0.253 e. The highest BCUT2D eigenvalue weighted by atomic mass is 35.5. The molecular formula is C11H12Cl3NO. The van der Waals surface area contributed by atoms with Gasteiger partial charge in [0.25, 0.3) is 5.91 Å². The summed E-state index contributed by atoms with van der Waals surface area (Å²) < 4.78 is 0. The van der Waals surface area contributed by atoms with Crippen LogP contribution in [0.25, 0.3) is 0 Å². The molecule has 1 unspecified atom stereocenters. The predicted octanol–water partition coefficient (Wildman–Crippen LogP) is 3.69. The highest BCUT2D eigenvalue weighted by Crippen LogP contribution is 2.23. The number of amides is 1. The quantitative estimate of drug-likeness (QED) is 0.773. The zero-order chi connectivity index (χ0) is 12.3. The fourth-order valence-corrected chi connectivity index (χ4v) is 1.81. The minimum Gasteiger partial charge on any atom is -0.340 e. The molecule has 1 rings (SSSR count). The van der Waals surface area contributed by atoms with Crippen molar-refractivity contribution in [3.05, 3.63) is 33.8 Å². The number of hydrogen-bond donors (Lipinski definition) is 0. The lowest BCUT2D eigenvalue weighted by Gasteiger charge is -2.18. The number of carbonyl (C=O) groups excluding carboxylic acids is 1. The first-order valence-electron chi connectivity index (χ1n) is 4.76. The second-order valence-electron chi connectivity index (χ2n) is 3.60. The van der Waals surface area contributed by atoms with E-state index >= 15 is 0 Å². The van der Waals surface area contributed by atoms with E-state index in [0.29, 0.717) is 22.2 Å². The van der Waals surface area contributed by atoms with Gasteiger partial charge in [-0.15, -0.1) is 11.6 Å². The fourth-order valence-electron chi connectivity index (χ4n) is 1.31. The van der Waals surface area contributed by atoms with Crippen molar-refractivity contribution in [1.29, 1.82) is 0 Å². The van der Waals surface area contributed by atoms with E-state index in [1.54, 1.807) is 30.1 Å². The van der Waals surface area contributed by atoms with E-state index in [1.165, 1.54) is 0 Å². The molecule has 0 aromatic heterocycles. The van der Waals surface area contributed by atoms with E-state index in [2.05, 4.69) is 0 Å². The summed E-state index contributed by atoms with van der Waals surface area (Å²) in [5.74, 6) is -0.119. The molecule has 0 N–H and O–H groups in total. The van der Waals surface area contributed by atoms with Crippen LogP contribution in [0.2, 0.25) is 10.0 Å². The number of nitrogens with zero attached hydrogens (tertiary/aromatic N) is 1. The maximum absolute atomic E-state index is 11.9. The van der Waals surface area contributed by atoms with Crippen molar-refractivity contribution < 1.29 is 4.79 Å². The Morgan fingerprint density at radius 2 is 2.00 bits per heavy atom. The van der Waals surface area contributed by atoms with Gasteiger partial charge >= 0.3 is 0 Å². The molecule has 1 atom stereocenters. The largest absolute Gasteiger partial charge is 0.340 e. The van der Waals surface area contributed by atoms with E-state index in [-0.39, 0.29) is 11.3 Å². The molecule has 88 valence electrons. The number of carbonyl (C=O) groups is 1. The Bertz CT molecular complexity index is 393. The van der Waals surface area contributed by atoms with Gasteiger partial charge in [-0.2, -0.15) is 0 Å². The van der Waals surface area contributed by atoms with Crippen LogP contribution in [-0.4, -0.2) is 29.8 Å². The molecule has 0 aliphatic carbocycles. The van der Waals surface area contributed by atoms with Gasteiger partial charge in [-0.05, 0) is 25.1 Å². The first kappa shape index (κ1) is 13.6. The van der Waals surface area contributed by atoms with Crippen molar-refractivity contribution in [2.45, 2.75) is 12.3 Å². The Kier molecular flexibility index (Phi) is 4.90. The molecule has 0 aliphatic heterocycles. The lowest BCUT2D eigenvalue weighted by atomic mass is 10.2. The van der Waals surface area contributed by atoms with Gasteiger partial charge in [0.05, 0.1) is 10.0 Å². The van der Waals surface area contributed by atoms with Crippen molar-refractivity contribution in [2.75, 3.05) is 13.6 Å². The average molecular weight is 281 g/mol. The van der Waals surface area contributed by atoms with Gasteiger partial charge < -0.3 is 4.90 Å². The van der Waals surface area contributed by atoms with Crippen molar-refractivity contribution >= 4 is 40.7 Å². The van der Waals surface area contributed by atoms with Gasteiger partial charge in [0.2, 0.25) is 0 Å². The molecule has 1 amide bonds. The van der Waals surface area contributed by atoms with E-state index in [9.17, 15) is 4.79 Å². The number of halogens is 3. The lowest BCUT2D eigenvalue weighted by Crippen LogP contribution is -2.31. The van der Waals surface area contributed by atoms with Crippen LogP contribution in [0.3, 0.4) is 0 Å². The lowest BCUT2D eigenvalue weighted by molar-refractivity contribution is 0.0796. The van der Waals surface area contributed by atoms with Crippen molar-refractivity contribution in [2.24, 2.45) is 0 Å². The van der Waals surface area contributed by atoms with Crippen LogP contribution in [-0.2, 0) is 0 Å². The number of benzene rings is 1. The third-order valence-corrected chi connectivity index (χ3v) is 2.92. The highest BCUT2D eigenvalue weighted by molar-refractivity contribution is 6.42. The third-order valence-electron chi connectivity index (χ3n) is 2.04. The first-order valence-corrected chi connectivity index (χ1v) is 5.95. The second kappa shape index (κ2) is 5.76. The van der Waals surface area contributed by atoms with E-state index in [4.69, 9.17) is 34.8 Å². The van der Waals surface area contributed by atoms with E-state index in [0.717, 1.165) is 0 Å². The summed E-state index contributed by atoms with van der Waals surface area (Å²) in [4.78, 5) is 13.5. The van der Waals surface area contributed by atoms with Crippen LogP contribution in [0.1, 0.15) is 17.3 Å². The summed E-state index contributed by atoms with van der Waals surface area (Å²) in [5, 5.41) is 0.725. The van der Waals surface area contributed by atoms with Crippen LogP contribution in [0.4, 0.5) is 0 Å². The Balaban J connectivity index is 2.84.